The molecule has 0 radical (unpaired) electrons. The average Bonchev–Trinajstić information content (AvgIpc) is 3.20. The van der Waals surface area contributed by atoms with Crippen LogP contribution >= 0.6 is 0 Å². The Bertz CT molecular complexity index is 1040. The monoisotopic (exact) mass is 407 g/mol. The molecule has 7 heteroatoms. The summed E-state index contributed by atoms with van der Waals surface area (Å²) in [6, 6.07) is 13.4. The van der Waals surface area contributed by atoms with Gasteiger partial charge >= 0.3 is 0 Å². The Kier molecular flexibility index (Phi) is 5.61. The topological polar surface area (TPSA) is 74.6 Å². The van der Waals surface area contributed by atoms with Crippen molar-refractivity contribution in [3.8, 4) is 22.9 Å². The molecule has 30 heavy (non-hydrogen) atoms. The normalized spacial score (nSPS) is 15.3. The van der Waals surface area contributed by atoms with E-state index in [-0.39, 0.29) is 11.8 Å². The van der Waals surface area contributed by atoms with Gasteiger partial charge in [0.2, 0.25) is 5.91 Å². The second-order valence-electron chi connectivity index (χ2n) is 7.12. The first-order chi connectivity index (χ1) is 14.6. The number of fused-ring (bicyclic) bond motifs is 1. The summed E-state index contributed by atoms with van der Waals surface area (Å²) in [5.41, 5.74) is 2.80. The molecule has 0 spiro atoms. The molecular weight excluding hydrogens is 382 g/mol. The highest BCUT2D eigenvalue weighted by molar-refractivity contribution is 5.94. The summed E-state index contributed by atoms with van der Waals surface area (Å²) in [5.74, 6) is 2.65. The van der Waals surface area contributed by atoms with E-state index >= 15 is 0 Å². The SMILES string of the molecule is CCCOc1ccc(C2CC(=O)Nc3c2cnn3-c2ccc(OC)cc2)cc1OC. The van der Waals surface area contributed by atoms with Gasteiger partial charge in [-0.25, -0.2) is 4.68 Å². The molecule has 1 N–H and O–H groups in total. The van der Waals surface area contributed by atoms with Crippen molar-refractivity contribution in [3.05, 3.63) is 59.8 Å². The number of nitrogens with zero attached hydrogens (tertiary/aromatic N) is 2. The number of aromatic nitrogens is 2. The lowest BCUT2D eigenvalue weighted by atomic mass is 9.87. The molecule has 2 heterocycles. The van der Waals surface area contributed by atoms with Crippen LogP contribution in [0.1, 0.15) is 36.8 Å². The molecule has 2 aromatic carbocycles. The van der Waals surface area contributed by atoms with E-state index in [2.05, 4.69) is 17.3 Å². The van der Waals surface area contributed by atoms with Gasteiger partial charge in [0.25, 0.3) is 0 Å². The Morgan fingerprint density at radius 2 is 1.90 bits per heavy atom. The van der Waals surface area contributed by atoms with E-state index in [4.69, 9.17) is 14.2 Å². The van der Waals surface area contributed by atoms with E-state index in [1.54, 1.807) is 18.9 Å². The van der Waals surface area contributed by atoms with Crippen LogP contribution in [0.25, 0.3) is 5.69 Å². The first kappa shape index (κ1) is 19.8. The fraction of sp³-hybridized carbons (Fsp3) is 0.304. The summed E-state index contributed by atoms with van der Waals surface area (Å²) >= 11 is 0. The maximum absolute atomic E-state index is 12.5. The molecule has 1 atom stereocenters. The van der Waals surface area contributed by atoms with E-state index in [0.717, 1.165) is 29.0 Å². The van der Waals surface area contributed by atoms with E-state index in [0.29, 0.717) is 30.3 Å². The van der Waals surface area contributed by atoms with Crippen molar-refractivity contribution < 1.29 is 19.0 Å². The molecular formula is C23H25N3O4. The number of rotatable bonds is 7. The highest BCUT2D eigenvalue weighted by Crippen LogP contribution is 2.40. The third-order valence-electron chi connectivity index (χ3n) is 5.19. The van der Waals surface area contributed by atoms with Gasteiger partial charge in [-0.3, -0.25) is 4.79 Å². The zero-order valence-corrected chi connectivity index (χ0v) is 17.3. The van der Waals surface area contributed by atoms with Crippen LogP contribution in [0.15, 0.2) is 48.7 Å². The lowest BCUT2D eigenvalue weighted by Crippen LogP contribution is -2.24. The largest absolute Gasteiger partial charge is 0.497 e. The Hall–Kier alpha value is -3.48. The van der Waals surface area contributed by atoms with Gasteiger partial charge in [-0.05, 0) is 48.4 Å². The lowest BCUT2D eigenvalue weighted by Gasteiger charge is -2.24. The number of carbonyl (C=O) groups excluding carboxylic acids is 1. The van der Waals surface area contributed by atoms with Crippen LogP contribution in [0.2, 0.25) is 0 Å². The minimum atomic E-state index is -0.116. The van der Waals surface area contributed by atoms with Gasteiger partial charge in [-0.15, -0.1) is 0 Å². The second kappa shape index (κ2) is 8.49. The minimum absolute atomic E-state index is 0.0481. The van der Waals surface area contributed by atoms with Crippen LogP contribution in [-0.2, 0) is 4.79 Å². The Labute approximate surface area is 175 Å². The van der Waals surface area contributed by atoms with Gasteiger partial charge in [0, 0.05) is 17.9 Å². The Morgan fingerprint density at radius 3 is 2.60 bits per heavy atom. The van der Waals surface area contributed by atoms with Crippen LogP contribution in [0.3, 0.4) is 0 Å². The number of amides is 1. The summed E-state index contributed by atoms with van der Waals surface area (Å²) in [7, 11) is 3.25. The third kappa shape index (κ3) is 3.70. The first-order valence-electron chi connectivity index (χ1n) is 9.97. The molecule has 3 aromatic rings. The standard InChI is InChI=1S/C23H25N3O4/c1-4-11-30-20-10-5-15(12-21(20)29-3)18-13-22(27)25-23-19(18)14-24-26(23)16-6-8-17(28-2)9-7-16/h5-10,12,14,18H,4,11,13H2,1-3H3,(H,25,27). The zero-order valence-electron chi connectivity index (χ0n) is 17.3. The molecule has 4 rings (SSSR count). The maximum atomic E-state index is 12.5. The zero-order chi connectivity index (χ0) is 21.1. The van der Waals surface area contributed by atoms with Crippen molar-refractivity contribution in [2.45, 2.75) is 25.7 Å². The predicted molar refractivity (Wildman–Crippen MR) is 114 cm³/mol. The number of nitrogens with one attached hydrogen (secondary N) is 1. The number of anilines is 1. The summed E-state index contributed by atoms with van der Waals surface area (Å²) in [5, 5.41) is 7.52. The maximum Gasteiger partial charge on any atom is 0.226 e. The molecule has 1 aliphatic rings. The molecule has 1 aliphatic heterocycles. The van der Waals surface area contributed by atoms with E-state index < -0.39 is 0 Å². The second-order valence-corrected chi connectivity index (χ2v) is 7.12. The predicted octanol–water partition coefficient (Wildman–Crippen LogP) is 4.15. The highest BCUT2D eigenvalue weighted by Gasteiger charge is 2.31. The number of hydrogen-bond acceptors (Lipinski definition) is 5. The van der Waals surface area contributed by atoms with E-state index in [1.807, 2.05) is 48.7 Å². The quantitative estimate of drug-likeness (QED) is 0.637. The molecule has 0 saturated carbocycles. The van der Waals surface area contributed by atoms with Crippen LogP contribution in [0.5, 0.6) is 17.2 Å². The van der Waals surface area contributed by atoms with Gasteiger partial charge in [0.15, 0.2) is 11.5 Å². The van der Waals surface area contributed by atoms with E-state index in [9.17, 15) is 4.79 Å². The highest BCUT2D eigenvalue weighted by atomic mass is 16.5. The molecule has 0 aliphatic carbocycles. The molecule has 7 nitrogen and oxygen atoms in total. The summed E-state index contributed by atoms with van der Waals surface area (Å²) in [6.07, 6.45) is 3.08. The number of carbonyl (C=O) groups is 1. The molecule has 1 aromatic heterocycles. The summed E-state index contributed by atoms with van der Waals surface area (Å²) in [4.78, 5) is 12.5. The van der Waals surface area contributed by atoms with Crippen LogP contribution in [0, 0.1) is 0 Å². The van der Waals surface area contributed by atoms with Crippen molar-refractivity contribution in [2.75, 3.05) is 26.1 Å². The average molecular weight is 407 g/mol. The fourth-order valence-electron chi connectivity index (χ4n) is 3.67. The van der Waals surface area contributed by atoms with Crippen molar-refractivity contribution in [1.82, 2.24) is 9.78 Å². The van der Waals surface area contributed by atoms with Crippen molar-refractivity contribution in [1.29, 1.82) is 0 Å². The summed E-state index contributed by atoms with van der Waals surface area (Å²) in [6.45, 7) is 2.68. The summed E-state index contributed by atoms with van der Waals surface area (Å²) < 4.78 is 18.3. The van der Waals surface area contributed by atoms with Crippen molar-refractivity contribution in [2.24, 2.45) is 0 Å². The lowest BCUT2D eigenvalue weighted by molar-refractivity contribution is -0.116. The van der Waals surface area contributed by atoms with Crippen LogP contribution in [-0.4, -0.2) is 36.5 Å². The van der Waals surface area contributed by atoms with Gasteiger partial charge in [0.05, 0.1) is 32.7 Å². The molecule has 0 saturated heterocycles. The van der Waals surface area contributed by atoms with Crippen molar-refractivity contribution >= 4 is 11.7 Å². The van der Waals surface area contributed by atoms with Crippen LogP contribution < -0.4 is 19.5 Å². The van der Waals surface area contributed by atoms with Gasteiger partial charge < -0.3 is 19.5 Å². The smallest absolute Gasteiger partial charge is 0.226 e. The molecule has 156 valence electrons. The number of benzene rings is 2. The van der Waals surface area contributed by atoms with E-state index in [1.165, 1.54) is 0 Å². The Morgan fingerprint density at radius 1 is 1.10 bits per heavy atom. The molecule has 1 unspecified atom stereocenters. The fourth-order valence-corrected chi connectivity index (χ4v) is 3.67. The van der Waals surface area contributed by atoms with Crippen LogP contribution in [0.4, 0.5) is 5.82 Å². The van der Waals surface area contributed by atoms with Gasteiger partial charge in [-0.2, -0.15) is 5.10 Å². The number of methoxy groups -OCH3 is 2. The molecule has 0 fully saturated rings. The molecule has 1 amide bonds. The Balaban J connectivity index is 1.70. The third-order valence-corrected chi connectivity index (χ3v) is 5.19. The van der Waals surface area contributed by atoms with Gasteiger partial charge in [-0.1, -0.05) is 13.0 Å². The number of hydrogen-bond donors (Lipinski definition) is 1. The molecule has 0 bridgehead atoms. The number of ether oxygens (including phenoxy) is 3. The van der Waals surface area contributed by atoms with Crippen molar-refractivity contribution in [3.63, 3.8) is 0 Å². The van der Waals surface area contributed by atoms with Gasteiger partial charge in [0.1, 0.15) is 11.6 Å². The minimum Gasteiger partial charge on any atom is -0.497 e. The first-order valence-corrected chi connectivity index (χ1v) is 9.97.